The first-order chi connectivity index (χ1) is 21.3. The Morgan fingerprint density at radius 2 is 1.23 bits per heavy atom. The Morgan fingerprint density at radius 1 is 0.636 bits per heavy atom. The van der Waals surface area contributed by atoms with Crippen molar-refractivity contribution in [3.8, 4) is 0 Å². The van der Waals surface area contributed by atoms with Crippen molar-refractivity contribution in [3.63, 3.8) is 0 Å². The van der Waals surface area contributed by atoms with Gasteiger partial charge in [-0.25, -0.2) is 9.59 Å². The number of carbonyl (C=O) groups is 4. The van der Waals surface area contributed by atoms with E-state index in [9.17, 15) is 19.2 Å². The van der Waals surface area contributed by atoms with Gasteiger partial charge in [-0.05, 0) is 43.2 Å². The molecule has 0 fully saturated rings. The number of ether oxygens (including phenoxy) is 2. The molecule has 0 saturated carbocycles. The molecule has 2 rings (SSSR count). The molecule has 0 unspecified atom stereocenters. The molecule has 44 heavy (non-hydrogen) atoms. The number of carbonyl (C=O) groups excluding carboxylic acids is 4. The van der Waals surface area contributed by atoms with Crippen LogP contribution in [-0.2, 0) is 32.0 Å². The summed E-state index contributed by atoms with van der Waals surface area (Å²) in [5.74, 6) is -0.111. The van der Waals surface area contributed by atoms with Gasteiger partial charge in [0.2, 0.25) is 5.91 Å². The highest BCUT2D eigenvalue weighted by Gasteiger charge is 2.10. The van der Waals surface area contributed by atoms with E-state index < -0.39 is 6.09 Å². The zero-order valence-corrected chi connectivity index (χ0v) is 26.4. The summed E-state index contributed by atoms with van der Waals surface area (Å²) in [6.45, 7) is 2.60. The minimum atomic E-state index is -0.452. The summed E-state index contributed by atoms with van der Waals surface area (Å²) in [4.78, 5) is 51.5. The number of nitrogens with zero attached hydrogens (tertiary/aromatic N) is 2. The predicted octanol–water partition coefficient (Wildman–Crippen LogP) is 5.31. The molecule has 0 spiro atoms. The van der Waals surface area contributed by atoms with E-state index in [-0.39, 0.29) is 24.5 Å². The molecular formula is C34H50N4O6. The molecule has 2 aromatic carbocycles. The van der Waals surface area contributed by atoms with Crippen molar-refractivity contribution in [2.75, 3.05) is 46.9 Å². The van der Waals surface area contributed by atoms with Crippen molar-refractivity contribution in [1.29, 1.82) is 0 Å². The molecule has 4 amide bonds. The van der Waals surface area contributed by atoms with Crippen molar-refractivity contribution in [2.45, 2.75) is 70.8 Å². The Labute approximate surface area is 262 Å². The van der Waals surface area contributed by atoms with Crippen LogP contribution in [0.25, 0.3) is 0 Å². The average molecular weight is 611 g/mol. The lowest BCUT2D eigenvalue weighted by Crippen LogP contribution is -2.37. The first-order valence-corrected chi connectivity index (χ1v) is 15.7. The SMILES string of the molecule is CN(CCCOC(=O)CCCCCCCNC(=O)OCCCN(C)C(=O)NCc1ccccc1)C(=O)CCc1ccccc1. The second-order valence-electron chi connectivity index (χ2n) is 10.9. The molecule has 242 valence electrons. The van der Waals surface area contributed by atoms with Gasteiger partial charge in [0.1, 0.15) is 0 Å². The van der Waals surface area contributed by atoms with E-state index in [0.29, 0.717) is 58.5 Å². The van der Waals surface area contributed by atoms with Crippen LogP contribution in [0.4, 0.5) is 9.59 Å². The first kappa shape index (κ1) is 36.1. The lowest BCUT2D eigenvalue weighted by Gasteiger charge is -2.18. The number of unbranched alkanes of at least 4 members (excludes halogenated alkanes) is 4. The topological polar surface area (TPSA) is 117 Å². The molecule has 0 radical (unpaired) electrons. The molecule has 0 atom stereocenters. The van der Waals surface area contributed by atoms with Gasteiger partial charge >= 0.3 is 18.1 Å². The normalized spacial score (nSPS) is 10.5. The van der Waals surface area contributed by atoms with Crippen molar-refractivity contribution >= 4 is 24.0 Å². The number of alkyl carbamates (subject to hydrolysis) is 1. The Bertz CT molecular complexity index is 1010. The van der Waals surface area contributed by atoms with E-state index in [1.165, 1.54) is 0 Å². The van der Waals surface area contributed by atoms with Crippen LogP contribution in [0.3, 0.4) is 0 Å². The number of benzene rings is 2. The van der Waals surface area contributed by atoms with Crippen LogP contribution in [0.15, 0.2) is 60.7 Å². The molecule has 0 saturated heterocycles. The Morgan fingerprint density at radius 3 is 1.93 bits per heavy atom. The number of hydrogen-bond donors (Lipinski definition) is 2. The molecule has 0 aliphatic rings. The lowest BCUT2D eigenvalue weighted by atomic mass is 10.1. The summed E-state index contributed by atoms with van der Waals surface area (Å²) in [6, 6.07) is 19.5. The average Bonchev–Trinajstić information content (AvgIpc) is 3.04. The zero-order valence-electron chi connectivity index (χ0n) is 26.4. The Kier molecular flexibility index (Phi) is 18.4. The highest BCUT2D eigenvalue weighted by molar-refractivity contribution is 5.76. The highest BCUT2D eigenvalue weighted by atomic mass is 16.5. The fourth-order valence-corrected chi connectivity index (χ4v) is 4.41. The third-order valence-corrected chi connectivity index (χ3v) is 7.13. The number of nitrogens with one attached hydrogen (secondary N) is 2. The molecule has 0 aliphatic heterocycles. The van der Waals surface area contributed by atoms with Crippen molar-refractivity contribution in [1.82, 2.24) is 20.4 Å². The quantitative estimate of drug-likeness (QED) is 0.146. The molecule has 10 nitrogen and oxygen atoms in total. The van der Waals surface area contributed by atoms with Gasteiger partial charge in [-0.2, -0.15) is 0 Å². The van der Waals surface area contributed by atoms with Crippen LogP contribution < -0.4 is 10.6 Å². The van der Waals surface area contributed by atoms with E-state index in [1.54, 1.807) is 23.9 Å². The fraction of sp³-hybridized carbons (Fsp3) is 0.529. The summed E-state index contributed by atoms with van der Waals surface area (Å²) in [5, 5.41) is 5.61. The minimum Gasteiger partial charge on any atom is -0.466 e. The van der Waals surface area contributed by atoms with Crippen LogP contribution in [0.5, 0.6) is 0 Å². The largest absolute Gasteiger partial charge is 0.466 e. The van der Waals surface area contributed by atoms with E-state index in [1.807, 2.05) is 60.7 Å². The van der Waals surface area contributed by atoms with E-state index in [4.69, 9.17) is 9.47 Å². The van der Waals surface area contributed by atoms with Gasteiger partial charge in [0.15, 0.2) is 0 Å². The summed E-state index contributed by atoms with van der Waals surface area (Å²) in [6.07, 6.45) is 6.75. The summed E-state index contributed by atoms with van der Waals surface area (Å²) >= 11 is 0. The lowest BCUT2D eigenvalue weighted by molar-refractivity contribution is -0.144. The second-order valence-corrected chi connectivity index (χ2v) is 10.9. The number of rotatable bonds is 21. The summed E-state index contributed by atoms with van der Waals surface area (Å²) in [7, 11) is 3.50. The summed E-state index contributed by atoms with van der Waals surface area (Å²) < 4.78 is 10.5. The van der Waals surface area contributed by atoms with Gasteiger partial charge in [0, 0.05) is 53.1 Å². The third-order valence-electron chi connectivity index (χ3n) is 7.13. The van der Waals surface area contributed by atoms with Crippen LogP contribution in [0.2, 0.25) is 0 Å². The third kappa shape index (κ3) is 17.1. The van der Waals surface area contributed by atoms with E-state index >= 15 is 0 Å². The number of amides is 4. The van der Waals surface area contributed by atoms with Gasteiger partial charge < -0.3 is 29.9 Å². The summed E-state index contributed by atoms with van der Waals surface area (Å²) in [5.41, 5.74) is 2.18. The number of aryl methyl sites for hydroxylation is 1. The molecule has 0 bridgehead atoms. The molecule has 2 N–H and O–H groups in total. The molecule has 0 heterocycles. The van der Waals surface area contributed by atoms with E-state index in [2.05, 4.69) is 10.6 Å². The van der Waals surface area contributed by atoms with Crippen molar-refractivity contribution in [2.24, 2.45) is 0 Å². The molecular weight excluding hydrogens is 560 g/mol. The Hall–Kier alpha value is -4.08. The van der Waals surface area contributed by atoms with Crippen molar-refractivity contribution < 1.29 is 28.7 Å². The minimum absolute atomic E-state index is 0.0910. The van der Waals surface area contributed by atoms with Gasteiger partial charge in [-0.1, -0.05) is 79.9 Å². The van der Waals surface area contributed by atoms with Crippen LogP contribution in [0, 0.1) is 0 Å². The maximum atomic E-state index is 12.3. The van der Waals surface area contributed by atoms with Gasteiger partial charge in [0.05, 0.1) is 13.2 Å². The predicted molar refractivity (Wildman–Crippen MR) is 171 cm³/mol. The van der Waals surface area contributed by atoms with Gasteiger partial charge in [0.25, 0.3) is 0 Å². The van der Waals surface area contributed by atoms with Gasteiger partial charge in [-0.15, -0.1) is 0 Å². The Balaban J connectivity index is 1.35. The maximum Gasteiger partial charge on any atom is 0.407 e. The fourth-order valence-electron chi connectivity index (χ4n) is 4.41. The van der Waals surface area contributed by atoms with E-state index in [0.717, 1.165) is 49.7 Å². The van der Waals surface area contributed by atoms with Crippen LogP contribution in [0.1, 0.15) is 68.9 Å². The number of esters is 1. The molecule has 0 aliphatic carbocycles. The standard InChI is InChI=1S/C34H50N4O6/c1-37(31(39)22-21-29-16-8-6-9-17-29)24-14-26-43-32(40)20-12-4-3-5-13-23-35-34(42)44-27-15-25-38(2)33(41)36-28-30-18-10-7-11-19-30/h6-11,16-19H,3-5,12-15,20-28H2,1-2H3,(H,35,42)(H,36,41). The molecule has 0 aromatic heterocycles. The zero-order chi connectivity index (χ0) is 31.8. The first-order valence-electron chi connectivity index (χ1n) is 15.7. The van der Waals surface area contributed by atoms with Crippen LogP contribution >= 0.6 is 0 Å². The monoisotopic (exact) mass is 610 g/mol. The molecule has 10 heteroatoms. The maximum absolute atomic E-state index is 12.3. The second kappa shape index (κ2) is 22.5. The molecule has 2 aromatic rings. The smallest absolute Gasteiger partial charge is 0.407 e. The van der Waals surface area contributed by atoms with Crippen molar-refractivity contribution in [3.05, 3.63) is 71.8 Å². The number of urea groups is 1. The van der Waals surface area contributed by atoms with Crippen LogP contribution in [-0.4, -0.2) is 80.7 Å². The number of hydrogen-bond acceptors (Lipinski definition) is 6. The van der Waals surface area contributed by atoms with Gasteiger partial charge in [-0.3, -0.25) is 9.59 Å². The highest BCUT2D eigenvalue weighted by Crippen LogP contribution is 2.07.